The molecule has 3 saturated heterocycles. The van der Waals surface area contributed by atoms with Gasteiger partial charge < -0.3 is 29.4 Å². The van der Waals surface area contributed by atoms with Gasteiger partial charge in [-0.15, -0.1) is 0 Å². The number of fused-ring (bicyclic) bond motifs is 6. The van der Waals surface area contributed by atoms with Gasteiger partial charge in [-0.3, -0.25) is 0 Å². The Morgan fingerprint density at radius 2 is 1.93 bits per heavy atom. The summed E-state index contributed by atoms with van der Waals surface area (Å²) in [6.45, 7) is 3.18. The van der Waals surface area contributed by atoms with Crippen molar-refractivity contribution in [3.05, 3.63) is 59.2 Å². The largest absolute Gasteiger partial charge is 0.449 e. The monoisotopic (exact) mass is 413 g/mol. The maximum Gasteiger partial charge on any atom is 0.407 e. The number of carbonyl (C=O) groups is 1. The lowest BCUT2D eigenvalue weighted by molar-refractivity contribution is -0.474. The van der Waals surface area contributed by atoms with Gasteiger partial charge in [0.1, 0.15) is 12.6 Å². The standard InChI is InChI=1S/C23H27NO6/c1-22-12-28-23(29-13-22,30-14-22)20(10-25)24-21(26)27-11-19-17-8-4-2-6-15(17)16-7-3-5-9-18(16)19/h2-6,8-9,16,19-20,25H,7,10-14H2,1H3,(H,24,26). The number of alkyl carbamates (subject to hydrolysis) is 1. The molecular weight excluding hydrogens is 386 g/mol. The van der Waals surface area contributed by atoms with Crippen molar-refractivity contribution in [3.63, 3.8) is 0 Å². The second-order valence-electron chi connectivity index (χ2n) is 8.82. The van der Waals surface area contributed by atoms with E-state index in [2.05, 4.69) is 41.7 Å². The number of amides is 1. The number of benzene rings is 1. The van der Waals surface area contributed by atoms with Crippen molar-refractivity contribution in [2.45, 2.75) is 37.2 Å². The van der Waals surface area contributed by atoms with Crippen LogP contribution < -0.4 is 5.32 Å². The fraction of sp³-hybridized carbons (Fsp3) is 0.522. The van der Waals surface area contributed by atoms with E-state index in [-0.39, 0.29) is 17.9 Å². The number of allylic oxidation sites excluding steroid dienone is 3. The van der Waals surface area contributed by atoms with E-state index in [9.17, 15) is 9.90 Å². The Balaban J connectivity index is 1.25. The average Bonchev–Trinajstić information content (AvgIpc) is 3.11. The Morgan fingerprint density at radius 1 is 1.23 bits per heavy atom. The molecule has 3 heterocycles. The third-order valence-corrected chi connectivity index (χ3v) is 6.50. The first-order valence-corrected chi connectivity index (χ1v) is 10.4. The molecular formula is C23H27NO6. The summed E-state index contributed by atoms with van der Waals surface area (Å²) in [6.07, 6.45) is 6.70. The highest BCUT2D eigenvalue weighted by molar-refractivity contribution is 5.68. The van der Waals surface area contributed by atoms with Gasteiger partial charge in [-0.25, -0.2) is 4.79 Å². The highest BCUT2D eigenvalue weighted by atomic mass is 16.9. The number of carbonyl (C=O) groups excluding carboxylic acids is 1. The highest BCUT2D eigenvalue weighted by Crippen LogP contribution is 2.49. The molecule has 1 amide bonds. The molecule has 3 aliphatic heterocycles. The molecule has 3 fully saturated rings. The van der Waals surface area contributed by atoms with Crippen LogP contribution in [0.2, 0.25) is 0 Å². The highest BCUT2D eigenvalue weighted by Gasteiger charge is 2.55. The van der Waals surface area contributed by atoms with Crippen LogP contribution in [0.5, 0.6) is 0 Å². The van der Waals surface area contributed by atoms with Gasteiger partial charge in [-0.1, -0.05) is 55.0 Å². The fourth-order valence-electron chi connectivity index (χ4n) is 4.79. The van der Waals surface area contributed by atoms with Crippen molar-refractivity contribution < 1.29 is 28.8 Å². The Bertz CT molecular complexity index is 869. The fourth-order valence-corrected chi connectivity index (χ4v) is 4.79. The molecule has 2 aliphatic carbocycles. The molecule has 0 saturated carbocycles. The molecule has 7 nitrogen and oxygen atoms in total. The van der Waals surface area contributed by atoms with Gasteiger partial charge in [0.15, 0.2) is 0 Å². The predicted molar refractivity (Wildman–Crippen MR) is 108 cm³/mol. The van der Waals surface area contributed by atoms with Crippen LogP contribution in [0, 0.1) is 5.41 Å². The summed E-state index contributed by atoms with van der Waals surface area (Å²) < 4.78 is 22.8. The van der Waals surface area contributed by atoms with Crippen LogP contribution in [0.15, 0.2) is 48.1 Å². The van der Waals surface area contributed by atoms with Crippen LogP contribution in [0.1, 0.15) is 36.3 Å². The van der Waals surface area contributed by atoms with E-state index < -0.39 is 24.7 Å². The number of hydrogen-bond acceptors (Lipinski definition) is 6. The van der Waals surface area contributed by atoms with Gasteiger partial charge in [0.05, 0.1) is 26.4 Å². The molecule has 160 valence electrons. The predicted octanol–water partition coefficient (Wildman–Crippen LogP) is 2.58. The summed E-state index contributed by atoms with van der Waals surface area (Å²) in [7, 11) is 0. The zero-order chi connectivity index (χ0) is 20.8. The van der Waals surface area contributed by atoms with Gasteiger partial charge in [-0.05, 0) is 17.5 Å². The molecule has 0 aromatic heterocycles. The number of ether oxygens (including phenoxy) is 4. The zero-order valence-electron chi connectivity index (χ0n) is 17.0. The van der Waals surface area contributed by atoms with Crippen LogP contribution >= 0.6 is 0 Å². The van der Waals surface area contributed by atoms with Gasteiger partial charge in [0.25, 0.3) is 0 Å². The molecule has 2 N–H and O–H groups in total. The molecule has 3 unspecified atom stereocenters. The molecule has 0 radical (unpaired) electrons. The quantitative estimate of drug-likeness (QED) is 0.772. The first-order chi connectivity index (χ1) is 14.5. The smallest absolute Gasteiger partial charge is 0.407 e. The van der Waals surface area contributed by atoms with Gasteiger partial charge in [0.2, 0.25) is 0 Å². The van der Waals surface area contributed by atoms with Gasteiger partial charge >= 0.3 is 12.1 Å². The SMILES string of the molecule is CC12COC(C(CO)NC(=O)OCC3C4=CC=CCC4c4ccccc43)(OC1)OC2. The number of hydrogen-bond donors (Lipinski definition) is 2. The van der Waals surface area contributed by atoms with Crippen LogP contribution in [0.4, 0.5) is 4.79 Å². The molecule has 2 bridgehead atoms. The topological polar surface area (TPSA) is 86.3 Å². The number of rotatable bonds is 5. The molecule has 5 aliphatic rings. The van der Waals surface area contributed by atoms with Crippen LogP contribution in [0.3, 0.4) is 0 Å². The lowest BCUT2D eigenvalue weighted by atomic mass is 9.88. The first kappa shape index (κ1) is 19.8. The Kier molecular flexibility index (Phi) is 4.94. The Labute approximate surface area is 175 Å². The van der Waals surface area contributed by atoms with E-state index in [4.69, 9.17) is 18.9 Å². The summed E-state index contributed by atoms with van der Waals surface area (Å²) in [5.41, 5.74) is 3.59. The van der Waals surface area contributed by atoms with Crippen molar-refractivity contribution in [3.8, 4) is 0 Å². The zero-order valence-corrected chi connectivity index (χ0v) is 17.0. The lowest BCUT2D eigenvalue weighted by Gasteiger charge is -2.52. The molecule has 1 aromatic carbocycles. The third-order valence-electron chi connectivity index (χ3n) is 6.50. The van der Waals surface area contributed by atoms with Gasteiger partial charge in [0, 0.05) is 17.3 Å². The minimum absolute atomic E-state index is 0.0291. The normalized spacial score (nSPS) is 34.7. The van der Waals surface area contributed by atoms with Crippen molar-refractivity contribution in [1.82, 2.24) is 5.32 Å². The second kappa shape index (κ2) is 7.50. The Morgan fingerprint density at radius 3 is 2.63 bits per heavy atom. The minimum Gasteiger partial charge on any atom is -0.449 e. The summed E-state index contributed by atoms with van der Waals surface area (Å²) >= 11 is 0. The molecule has 3 atom stereocenters. The Hall–Kier alpha value is -2.19. The molecule has 0 spiro atoms. The van der Waals surface area contributed by atoms with Crippen molar-refractivity contribution in [2.75, 3.05) is 33.0 Å². The van der Waals surface area contributed by atoms with Crippen molar-refractivity contribution >= 4 is 6.09 Å². The van der Waals surface area contributed by atoms with Crippen LogP contribution in [0.25, 0.3) is 0 Å². The minimum atomic E-state index is -1.47. The molecule has 6 rings (SSSR count). The number of aliphatic hydroxyl groups is 1. The molecule has 30 heavy (non-hydrogen) atoms. The summed E-state index contributed by atoms with van der Waals surface area (Å²) in [5.74, 6) is -1.09. The van der Waals surface area contributed by atoms with Crippen molar-refractivity contribution in [2.24, 2.45) is 5.41 Å². The van der Waals surface area contributed by atoms with E-state index in [1.54, 1.807) is 0 Å². The van der Waals surface area contributed by atoms with Crippen LogP contribution in [-0.2, 0) is 18.9 Å². The lowest BCUT2D eigenvalue weighted by Crippen LogP contribution is -2.68. The number of aliphatic hydroxyl groups excluding tert-OH is 1. The summed E-state index contributed by atoms with van der Waals surface area (Å²) in [5, 5.41) is 12.5. The van der Waals surface area contributed by atoms with Crippen molar-refractivity contribution in [1.29, 1.82) is 0 Å². The molecule has 1 aromatic rings. The van der Waals surface area contributed by atoms with E-state index in [1.807, 2.05) is 13.0 Å². The van der Waals surface area contributed by atoms with E-state index in [1.165, 1.54) is 16.7 Å². The van der Waals surface area contributed by atoms with Crippen LogP contribution in [-0.4, -0.2) is 56.2 Å². The molecule has 7 heteroatoms. The third kappa shape index (κ3) is 3.26. The van der Waals surface area contributed by atoms with Gasteiger partial charge in [-0.2, -0.15) is 0 Å². The summed E-state index contributed by atoms with van der Waals surface area (Å²) in [4.78, 5) is 12.6. The maximum absolute atomic E-state index is 12.6. The average molecular weight is 413 g/mol. The van der Waals surface area contributed by atoms with E-state index in [0.29, 0.717) is 25.7 Å². The summed E-state index contributed by atoms with van der Waals surface area (Å²) in [6, 6.07) is 7.45. The van der Waals surface area contributed by atoms with E-state index in [0.717, 1.165) is 6.42 Å². The maximum atomic E-state index is 12.6. The number of nitrogens with one attached hydrogen (secondary N) is 1. The first-order valence-electron chi connectivity index (χ1n) is 10.4. The van der Waals surface area contributed by atoms with E-state index >= 15 is 0 Å². The second-order valence-corrected chi connectivity index (χ2v) is 8.82.